The number of hydrogen-bond acceptors (Lipinski definition) is 2. The lowest BCUT2D eigenvalue weighted by Crippen LogP contribution is -2.42. The third kappa shape index (κ3) is 3.34. The summed E-state index contributed by atoms with van der Waals surface area (Å²) in [4.78, 5) is 25.1. The van der Waals surface area contributed by atoms with Crippen LogP contribution in [0.5, 0.6) is 0 Å². The first-order valence-corrected chi connectivity index (χ1v) is 6.69. The number of primary amides is 1. The molecule has 2 amide bonds. The van der Waals surface area contributed by atoms with Gasteiger partial charge in [-0.05, 0) is 30.9 Å². The molecule has 0 radical (unpaired) electrons. The fourth-order valence-corrected chi connectivity index (χ4v) is 2.50. The Morgan fingerprint density at radius 3 is 2.47 bits per heavy atom. The zero-order valence-corrected chi connectivity index (χ0v) is 11.3. The van der Waals surface area contributed by atoms with Crippen molar-refractivity contribution >= 4 is 11.8 Å². The second kappa shape index (κ2) is 5.87. The lowest BCUT2D eigenvalue weighted by molar-refractivity contribution is -0.134. The number of piperidine rings is 1. The van der Waals surface area contributed by atoms with Gasteiger partial charge in [0.05, 0.1) is 6.42 Å². The van der Waals surface area contributed by atoms with Gasteiger partial charge in [0.25, 0.3) is 0 Å². The van der Waals surface area contributed by atoms with Gasteiger partial charge in [-0.15, -0.1) is 0 Å². The molecule has 19 heavy (non-hydrogen) atoms. The van der Waals surface area contributed by atoms with Crippen molar-refractivity contribution in [3.63, 3.8) is 0 Å². The molecule has 1 aliphatic heterocycles. The zero-order valence-electron chi connectivity index (χ0n) is 11.3. The molecule has 2 N–H and O–H groups in total. The summed E-state index contributed by atoms with van der Waals surface area (Å²) in [5, 5.41) is 0. The Hall–Kier alpha value is -1.84. The molecule has 1 fully saturated rings. The lowest BCUT2D eigenvalue weighted by atomic mass is 9.95. The Balaban J connectivity index is 1.92. The van der Waals surface area contributed by atoms with Gasteiger partial charge < -0.3 is 10.6 Å². The molecule has 102 valence electrons. The van der Waals surface area contributed by atoms with E-state index in [0.29, 0.717) is 32.4 Å². The van der Waals surface area contributed by atoms with E-state index in [0.717, 1.165) is 11.1 Å². The van der Waals surface area contributed by atoms with Gasteiger partial charge in [0.1, 0.15) is 0 Å². The van der Waals surface area contributed by atoms with E-state index in [9.17, 15) is 9.59 Å². The summed E-state index contributed by atoms with van der Waals surface area (Å²) in [7, 11) is 0. The second-order valence-corrected chi connectivity index (χ2v) is 5.16. The van der Waals surface area contributed by atoms with E-state index >= 15 is 0 Å². The molecule has 1 saturated heterocycles. The van der Waals surface area contributed by atoms with Gasteiger partial charge >= 0.3 is 0 Å². The quantitative estimate of drug-likeness (QED) is 0.889. The number of nitrogens with two attached hydrogens (primary N) is 1. The third-order valence-electron chi connectivity index (χ3n) is 3.85. The summed E-state index contributed by atoms with van der Waals surface area (Å²) >= 11 is 0. The summed E-state index contributed by atoms with van der Waals surface area (Å²) in [6, 6.07) is 7.93. The number of nitrogens with zero attached hydrogens (tertiary/aromatic N) is 1. The van der Waals surface area contributed by atoms with Crippen molar-refractivity contribution in [2.24, 2.45) is 11.7 Å². The monoisotopic (exact) mass is 260 g/mol. The van der Waals surface area contributed by atoms with Gasteiger partial charge in [-0.25, -0.2) is 0 Å². The van der Waals surface area contributed by atoms with E-state index in [1.165, 1.54) is 0 Å². The highest BCUT2D eigenvalue weighted by Crippen LogP contribution is 2.18. The van der Waals surface area contributed by atoms with Crippen LogP contribution in [-0.4, -0.2) is 29.8 Å². The van der Waals surface area contributed by atoms with Gasteiger partial charge in [-0.3, -0.25) is 9.59 Å². The first kappa shape index (κ1) is 13.6. The minimum absolute atomic E-state index is 0.0671. The molecule has 1 heterocycles. The van der Waals surface area contributed by atoms with Crippen molar-refractivity contribution in [2.45, 2.75) is 26.2 Å². The number of amides is 2. The number of likely N-dealkylation sites (tertiary alicyclic amines) is 1. The molecular formula is C15H20N2O2. The Labute approximate surface area is 113 Å². The number of benzene rings is 1. The van der Waals surface area contributed by atoms with Crippen LogP contribution < -0.4 is 5.73 Å². The molecule has 4 nitrogen and oxygen atoms in total. The standard InChI is InChI=1S/C15H20N2O2/c1-11-4-2-3-5-13(11)10-14(18)17-8-6-12(7-9-17)15(16)19/h2-5,12H,6-10H2,1H3,(H2,16,19). The molecule has 0 aromatic heterocycles. The molecule has 4 heteroatoms. The van der Waals surface area contributed by atoms with E-state index in [1.807, 2.05) is 36.1 Å². The molecule has 1 aromatic carbocycles. The van der Waals surface area contributed by atoms with Crippen LogP contribution in [0, 0.1) is 12.8 Å². The van der Waals surface area contributed by atoms with E-state index in [1.54, 1.807) is 0 Å². The fraction of sp³-hybridized carbons (Fsp3) is 0.467. The fourth-order valence-electron chi connectivity index (χ4n) is 2.50. The maximum absolute atomic E-state index is 12.2. The van der Waals surface area contributed by atoms with Crippen LogP contribution in [0.25, 0.3) is 0 Å². The van der Waals surface area contributed by atoms with Gasteiger partial charge in [0, 0.05) is 19.0 Å². The minimum atomic E-state index is -0.244. The largest absolute Gasteiger partial charge is 0.369 e. The summed E-state index contributed by atoms with van der Waals surface area (Å²) in [6.45, 7) is 3.29. The highest BCUT2D eigenvalue weighted by Gasteiger charge is 2.25. The SMILES string of the molecule is Cc1ccccc1CC(=O)N1CCC(C(N)=O)CC1. The molecule has 0 unspecified atom stereocenters. The van der Waals surface area contributed by atoms with E-state index in [4.69, 9.17) is 5.73 Å². The highest BCUT2D eigenvalue weighted by molar-refractivity contribution is 5.80. The van der Waals surface area contributed by atoms with Gasteiger partial charge in [0.2, 0.25) is 11.8 Å². The van der Waals surface area contributed by atoms with Crippen molar-refractivity contribution in [2.75, 3.05) is 13.1 Å². The molecule has 1 aliphatic rings. The van der Waals surface area contributed by atoms with Crippen molar-refractivity contribution in [1.29, 1.82) is 0 Å². The van der Waals surface area contributed by atoms with Crippen molar-refractivity contribution in [1.82, 2.24) is 4.90 Å². The normalized spacial score (nSPS) is 16.4. The molecular weight excluding hydrogens is 240 g/mol. The predicted octanol–water partition coefficient (Wildman–Crippen LogP) is 1.26. The number of aryl methyl sites for hydroxylation is 1. The van der Waals surface area contributed by atoms with Crippen LogP contribution in [0.2, 0.25) is 0 Å². The third-order valence-corrected chi connectivity index (χ3v) is 3.85. The average Bonchev–Trinajstić information content (AvgIpc) is 2.41. The molecule has 0 aliphatic carbocycles. The topological polar surface area (TPSA) is 63.4 Å². The van der Waals surface area contributed by atoms with E-state index in [2.05, 4.69) is 0 Å². The summed E-state index contributed by atoms with van der Waals surface area (Å²) in [5.41, 5.74) is 7.50. The molecule has 0 bridgehead atoms. The average molecular weight is 260 g/mol. The Bertz CT molecular complexity index is 477. The maximum Gasteiger partial charge on any atom is 0.226 e. The van der Waals surface area contributed by atoms with Gasteiger partial charge in [-0.2, -0.15) is 0 Å². The first-order chi connectivity index (χ1) is 9.08. The number of rotatable bonds is 3. The second-order valence-electron chi connectivity index (χ2n) is 5.16. The van der Waals surface area contributed by atoms with E-state index < -0.39 is 0 Å². The van der Waals surface area contributed by atoms with Crippen molar-refractivity contribution in [3.05, 3.63) is 35.4 Å². The molecule has 2 rings (SSSR count). The first-order valence-electron chi connectivity index (χ1n) is 6.69. The zero-order chi connectivity index (χ0) is 13.8. The molecule has 0 atom stereocenters. The van der Waals surface area contributed by atoms with Crippen LogP contribution in [0.4, 0.5) is 0 Å². The van der Waals surface area contributed by atoms with Gasteiger partial charge in [0.15, 0.2) is 0 Å². The maximum atomic E-state index is 12.2. The van der Waals surface area contributed by atoms with Crippen LogP contribution in [0.3, 0.4) is 0 Å². The molecule has 0 saturated carbocycles. The smallest absolute Gasteiger partial charge is 0.226 e. The van der Waals surface area contributed by atoms with Crippen LogP contribution >= 0.6 is 0 Å². The number of hydrogen-bond donors (Lipinski definition) is 1. The lowest BCUT2D eigenvalue weighted by Gasteiger charge is -2.30. The number of carbonyl (C=O) groups excluding carboxylic acids is 2. The number of carbonyl (C=O) groups is 2. The Kier molecular flexibility index (Phi) is 4.20. The van der Waals surface area contributed by atoms with Crippen molar-refractivity contribution < 1.29 is 9.59 Å². The van der Waals surface area contributed by atoms with Crippen LogP contribution in [0.1, 0.15) is 24.0 Å². The Morgan fingerprint density at radius 1 is 1.26 bits per heavy atom. The summed E-state index contributed by atoms with van der Waals surface area (Å²) < 4.78 is 0. The highest BCUT2D eigenvalue weighted by atomic mass is 16.2. The van der Waals surface area contributed by atoms with Crippen LogP contribution in [-0.2, 0) is 16.0 Å². The van der Waals surface area contributed by atoms with E-state index in [-0.39, 0.29) is 17.7 Å². The Morgan fingerprint density at radius 2 is 1.89 bits per heavy atom. The van der Waals surface area contributed by atoms with Crippen molar-refractivity contribution in [3.8, 4) is 0 Å². The summed E-state index contributed by atoms with van der Waals surface area (Å²) in [6.07, 6.45) is 1.82. The minimum Gasteiger partial charge on any atom is -0.369 e. The summed E-state index contributed by atoms with van der Waals surface area (Å²) in [5.74, 6) is -0.175. The molecule has 1 aromatic rings. The predicted molar refractivity (Wildman–Crippen MR) is 73.4 cm³/mol. The van der Waals surface area contributed by atoms with Gasteiger partial charge in [-0.1, -0.05) is 24.3 Å². The molecule has 0 spiro atoms. The van der Waals surface area contributed by atoms with Crippen LogP contribution in [0.15, 0.2) is 24.3 Å².